The average Bonchev–Trinajstić information content (AvgIpc) is 2.56. The van der Waals surface area contributed by atoms with Gasteiger partial charge in [0, 0.05) is 6.04 Å². The molecule has 1 aromatic heterocycles. The van der Waals surface area contributed by atoms with Crippen LogP contribution in [0, 0.1) is 12.8 Å². The van der Waals surface area contributed by atoms with Crippen LogP contribution in [0.2, 0.25) is 0 Å². The molecule has 1 heterocycles. The quantitative estimate of drug-likeness (QED) is 0.801. The fourth-order valence-corrected chi connectivity index (χ4v) is 1.91. The van der Waals surface area contributed by atoms with Crippen LogP contribution in [0.4, 0.5) is 0 Å². The Kier molecular flexibility index (Phi) is 4.75. The van der Waals surface area contributed by atoms with Crippen molar-refractivity contribution < 1.29 is 14.3 Å². The molecule has 0 aliphatic heterocycles. The Morgan fingerprint density at radius 2 is 2.12 bits per heavy atom. The van der Waals surface area contributed by atoms with Crippen LogP contribution in [0.1, 0.15) is 49.1 Å². The van der Waals surface area contributed by atoms with Crippen molar-refractivity contribution in [3.8, 4) is 0 Å². The van der Waals surface area contributed by atoms with Crippen molar-refractivity contribution in [1.29, 1.82) is 0 Å². The zero-order valence-corrected chi connectivity index (χ0v) is 10.9. The predicted octanol–water partition coefficient (Wildman–Crippen LogP) is 2.81. The first-order valence-electron chi connectivity index (χ1n) is 5.96. The summed E-state index contributed by atoms with van der Waals surface area (Å²) < 4.78 is 5.39. The topological polar surface area (TPSA) is 62.5 Å². The highest BCUT2D eigenvalue weighted by Gasteiger charge is 2.14. The number of hydrogen-bond acceptors (Lipinski definition) is 3. The standard InChI is InChI=1S/C13H21NO3/c1-8(2)5-9(3)14-7-11-6-12(13(15)16)10(4)17-11/h6,8-9,14H,5,7H2,1-4H3,(H,15,16). The molecule has 4 heteroatoms. The normalized spacial score (nSPS) is 13.0. The molecule has 0 bridgehead atoms. The highest BCUT2D eigenvalue weighted by atomic mass is 16.4. The van der Waals surface area contributed by atoms with E-state index in [0.717, 1.165) is 6.42 Å². The number of nitrogens with one attached hydrogen (secondary N) is 1. The lowest BCUT2D eigenvalue weighted by molar-refractivity contribution is 0.0695. The molecule has 0 aromatic carbocycles. The number of hydrogen-bond donors (Lipinski definition) is 2. The van der Waals surface area contributed by atoms with E-state index in [1.54, 1.807) is 13.0 Å². The molecular weight excluding hydrogens is 218 g/mol. The summed E-state index contributed by atoms with van der Waals surface area (Å²) in [5.74, 6) is 0.847. The summed E-state index contributed by atoms with van der Waals surface area (Å²) in [6.07, 6.45) is 1.09. The number of carboxylic acids is 1. The highest BCUT2D eigenvalue weighted by Crippen LogP contribution is 2.15. The van der Waals surface area contributed by atoms with Gasteiger partial charge in [-0.2, -0.15) is 0 Å². The van der Waals surface area contributed by atoms with E-state index in [0.29, 0.717) is 30.0 Å². The molecule has 17 heavy (non-hydrogen) atoms. The highest BCUT2D eigenvalue weighted by molar-refractivity contribution is 5.88. The van der Waals surface area contributed by atoms with E-state index in [4.69, 9.17) is 9.52 Å². The lowest BCUT2D eigenvalue weighted by atomic mass is 10.1. The second-order valence-electron chi connectivity index (χ2n) is 4.90. The Hall–Kier alpha value is -1.29. The van der Waals surface area contributed by atoms with E-state index < -0.39 is 5.97 Å². The lowest BCUT2D eigenvalue weighted by Crippen LogP contribution is -2.26. The number of aryl methyl sites for hydroxylation is 1. The lowest BCUT2D eigenvalue weighted by Gasteiger charge is -2.14. The van der Waals surface area contributed by atoms with Crippen LogP contribution >= 0.6 is 0 Å². The Morgan fingerprint density at radius 1 is 1.47 bits per heavy atom. The van der Waals surface area contributed by atoms with E-state index in [2.05, 4.69) is 26.1 Å². The van der Waals surface area contributed by atoms with Crippen molar-refractivity contribution in [3.63, 3.8) is 0 Å². The van der Waals surface area contributed by atoms with Gasteiger partial charge in [0.25, 0.3) is 0 Å². The minimum absolute atomic E-state index is 0.248. The smallest absolute Gasteiger partial charge is 0.339 e. The maximum atomic E-state index is 10.8. The van der Waals surface area contributed by atoms with Crippen molar-refractivity contribution in [1.82, 2.24) is 5.32 Å². The molecule has 1 unspecified atom stereocenters. The first-order chi connectivity index (χ1) is 7.90. The third-order valence-corrected chi connectivity index (χ3v) is 2.65. The SMILES string of the molecule is Cc1oc(CNC(C)CC(C)C)cc1C(=O)O. The van der Waals surface area contributed by atoms with Gasteiger partial charge in [0.05, 0.1) is 6.54 Å². The van der Waals surface area contributed by atoms with Crippen molar-refractivity contribution in [3.05, 3.63) is 23.2 Å². The molecule has 0 saturated carbocycles. The molecule has 0 saturated heterocycles. The minimum Gasteiger partial charge on any atom is -0.478 e. The minimum atomic E-state index is -0.937. The van der Waals surface area contributed by atoms with Gasteiger partial charge in [-0.3, -0.25) is 0 Å². The largest absolute Gasteiger partial charge is 0.478 e. The van der Waals surface area contributed by atoms with Gasteiger partial charge in [-0.25, -0.2) is 4.79 Å². The zero-order valence-electron chi connectivity index (χ0n) is 10.9. The number of rotatable bonds is 6. The van der Waals surface area contributed by atoms with Crippen LogP contribution in [0.15, 0.2) is 10.5 Å². The Bertz CT molecular complexity index is 382. The third-order valence-electron chi connectivity index (χ3n) is 2.65. The van der Waals surface area contributed by atoms with Gasteiger partial charge in [-0.1, -0.05) is 13.8 Å². The molecule has 0 amide bonds. The van der Waals surface area contributed by atoms with Crippen LogP contribution in [-0.2, 0) is 6.54 Å². The molecule has 0 aliphatic carbocycles. The summed E-state index contributed by atoms with van der Waals surface area (Å²) in [4.78, 5) is 10.8. The molecular formula is C13H21NO3. The number of carboxylic acid groups (broad SMARTS) is 1. The summed E-state index contributed by atoms with van der Waals surface area (Å²) in [7, 11) is 0. The van der Waals surface area contributed by atoms with Gasteiger partial charge in [0.1, 0.15) is 17.1 Å². The molecule has 0 spiro atoms. The van der Waals surface area contributed by atoms with E-state index >= 15 is 0 Å². The second kappa shape index (κ2) is 5.87. The van der Waals surface area contributed by atoms with Gasteiger partial charge in [0.2, 0.25) is 0 Å². The van der Waals surface area contributed by atoms with Gasteiger partial charge >= 0.3 is 5.97 Å². The number of carbonyl (C=O) groups is 1. The van der Waals surface area contributed by atoms with Crippen molar-refractivity contribution in [2.24, 2.45) is 5.92 Å². The third kappa shape index (κ3) is 4.23. The first-order valence-corrected chi connectivity index (χ1v) is 5.96. The summed E-state index contributed by atoms with van der Waals surface area (Å²) in [6.45, 7) is 8.72. The molecule has 0 aliphatic rings. The van der Waals surface area contributed by atoms with Crippen molar-refractivity contribution in [2.75, 3.05) is 0 Å². The van der Waals surface area contributed by atoms with Crippen molar-refractivity contribution >= 4 is 5.97 Å². The Morgan fingerprint density at radius 3 is 2.59 bits per heavy atom. The maximum absolute atomic E-state index is 10.8. The Labute approximate surface area is 102 Å². The number of furan rings is 1. The molecule has 1 rings (SSSR count). The van der Waals surface area contributed by atoms with Crippen LogP contribution < -0.4 is 5.32 Å². The van der Waals surface area contributed by atoms with Gasteiger partial charge in [0.15, 0.2) is 0 Å². The molecule has 0 radical (unpaired) electrons. The Balaban J connectivity index is 2.52. The van der Waals surface area contributed by atoms with Crippen LogP contribution in [0.25, 0.3) is 0 Å². The van der Waals surface area contributed by atoms with Crippen LogP contribution in [-0.4, -0.2) is 17.1 Å². The monoisotopic (exact) mass is 239 g/mol. The first kappa shape index (κ1) is 13.8. The maximum Gasteiger partial charge on any atom is 0.339 e. The molecule has 1 aromatic rings. The van der Waals surface area contributed by atoms with Gasteiger partial charge in [-0.05, 0) is 32.3 Å². The summed E-state index contributed by atoms with van der Waals surface area (Å²) >= 11 is 0. The fraction of sp³-hybridized carbons (Fsp3) is 0.615. The van der Waals surface area contributed by atoms with Crippen LogP contribution in [0.5, 0.6) is 0 Å². The fourth-order valence-electron chi connectivity index (χ4n) is 1.91. The van der Waals surface area contributed by atoms with E-state index in [9.17, 15) is 4.79 Å². The average molecular weight is 239 g/mol. The van der Waals surface area contributed by atoms with Gasteiger partial charge < -0.3 is 14.8 Å². The second-order valence-corrected chi connectivity index (χ2v) is 4.90. The van der Waals surface area contributed by atoms with E-state index in [-0.39, 0.29) is 5.56 Å². The van der Waals surface area contributed by atoms with E-state index in [1.165, 1.54) is 0 Å². The van der Waals surface area contributed by atoms with Crippen molar-refractivity contribution in [2.45, 2.75) is 46.7 Å². The van der Waals surface area contributed by atoms with Crippen LogP contribution in [0.3, 0.4) is 0 Å². The summed E-state index contributed by atoms with van der Waals surface area (Å²) in [5, 5.41) is 12.2. The predicted molar refractivity (Wildman–Crippen MR) is 66.2 cm³/mol. The summed E-state index contributed by atoms with van der Waals surface area (Å²) in [6, 6.07) is 1.99. The molecule has 4 nitrogen and oxygen atoms in total. The summed E-state index contributed by atoms with van der Waals surface area (Å²) in [5.41, 5.74) is 0.248. The van der Waals surface area contributed by atoms with Gasteiger partial charge in [-0.15, -0.1) is 0 Å². The molecule has 2 N–H and O–H groups in total. The van der Waals surface area contributed by atoms with E-state index in [1.807, 2.05) is 0 Å². The molecule has 0 fully saturated rings. The zero-order chi connectivity index (χ0) is 13.0. The molecule has 1 atom stereocenters. The number of aromatic carboxylic acids is 1. The molecule has 96 valence electrons.